The molecule has 1 saturated carbocycles. The Morgan fingerprint density at radius 1 is 1.09 bits per heavy atom. The van der Waals surface area contributed by atoms with Crippen LogP contribution in [-0.2, 0) is 4.79 Å². The molecule has 0 radical (unpaired) electrons. The van der Waals surface area contributed by atoms with Gasteiger partial charge in [-0.25, -0.2) is 0 Å². The van der Waals surface area contributed by atoms with Gasteiger partial charge in [0.25, 0.3) is 0 Å². The highest BCUT2D eigenvalue weighted by atomic mass is 32.2. The highest BCUT2D eigenvalue weighted by Crippen LogP contribution is 2.38. The Hall–Kier alpha value is -1.33. The SMILES string of the molecule is COc1ccc(/C=C2/CCC(=C(SC)SC)C2=O)cc1OC. The number of Topliss-reactive ketones (excluding diaryl/α,β-unsaturated/α-hetero) is 1. The molecule has 0 spiro atoms. The van der Waals surface area contributed by atoms with Gasteiger partial charge in [0, 0.05) is 15.4 Å². The van der Waals surface area contributed by atoms with Gasteiger partial charge in [-0.15, -0.1) is 23.5 Å². The number of ketones is 1. The second kappa shape index (κ2) is 7.79. The second-order valence-corrected chi connectivity index (χ2v) is 6.68. The molecule has 1 aliphatic carbocycles. The van der Waals surface area contributed by atoms with Crippen molar-refractivity contribution in [3.63, 3.8) is 0 Å². The van der Waals surface area contributed by atoms with Crippen LogP contribution in [0.1, 0.15) is 18.4 Å². The van der Waals surface area contributed by atoms with E-state index in [-0.39, 0.29) is 5.78 Å². The zero-order valence-corrected chi connectivity index (χ0v) is 14.9. The third-order valence-electron chi connectivity index (χ3n) is 3.58. The summed E-state index contributed by atoms with van der Waals surface area (Å²) >= 11 is 3.30. The van der Waals surface area contributed by atoms with Gasteiger partial charge in [0.1, 0.15) is 0 Å². The van der Waals surface area contributed by atoms with Crippen molar-refractivity contribution < 1.29 is 14.3 Å². The van der Waals surface area contributed by atoms with Crippen molar-refractivity contribution >= 4 is 35.4 Å². The molecule has 0 N–H and O–H groups in total. The molecular formula is C17H20O3S2. The van der Waals surface area contributed by atoms with Crippen molar-refractivity contribution in [3.8, 4) is 11.5 Å². The molecule has 1 fully saturated rings. The van der Waals surface area contributed by atoms with Crippen LogP contribution in [0.3, 0.4) is 0 Å². The standard InChI is InChI=1S/C17H20O3S2/c1-19-14-8-5-11(10-15(14)20-2)9-12-6-7-13(16(12)18)17(21-3)22-4/h5,8-10H,6-7H2,1-4H3/b12-9-. The zero-order chi connectivity index (χ0) is 16.1. The third kappa shape index (κ3) is 3.52. The summed E-state index contributed by atoms with van der Waals surface area (Å²) < 4.78 is 11.7. The Morgan fingerprint density at radius 2 is 1.77 bits per heavy atom. The summed E-state index contributed by atoms with van der Waals surface area (Å²) in [5.41, 5.74) is 2.77. The maximum atomic E-state index is 12.5. The van der Waals surface area contributed by atoms with Crippen LogP contribution in [0.25, 0.3) is 6.08 Å². The minimum absolute atomic E-state index is 0.175. The molecule has 1 aliphatic rings. The third-order valence-corrected chi connectivity index (χ3v) is 5.81. The highest BCUT2D eigenvalue weighted by molar-refractivity contribution is 8.21. The minimum atomic E-state index is 0.175. The van der Waals surface area contributed by atoms with Gasteiger partial charge >= 0.3 is 0 Å². The maximum absolute atomic E-state index is 12.5. The number of benzene rings is 1. The van der Waals surface area contributed by atoms with Gasteiger partial charge in [-0.3, -0.25) is 4.79 Å². The monoisotopic (exact) mass is 336 g/mol. The Balaban J connectivity index is 2.32. The number of thioether (sulfide) groups is 2. The van der Waals surface area contributed by atoms with Crippen molar-refractivity contribution in [2.75, 3.05) is 26.7 Å². The lowest BCUT2D eigenvalue weighted by Crippen LogP contribution is -1.97. The largest absolute Gasteiger partial charge is 0.493 e. The molecule has 0 unspecified atom stereocenters. The van der Waals surface area contributed by atoms with Crippen LogP contribution >= 0.6 is 23.5 Å². The number of methoxy groups -OCH3 is 2. The van der Waals surface area contributed by atoms with E-state index in [0.717, 1.165) is 33.8 Å². The van der Waals surface area contributed by atoms with E-state index in [9.17, 15) is 4.79 Å². The lowest BCUT2D eigenvalue weighted by Gasteiger charge is -2.08. The first kappa shape index (κ1) is 17.0. The summed E-state index contributed by atoms with van der Waals surface area (Å²) in [5.74, 6) is 1.54. The van der Waals surface area contributed by atoms with Crippen molar-refractivity contribution in [1.29, 1.82) is 0 Å². The molecule has 1 aromatic carbocycles. The summed E-state index contributed by atoms with van der Waals surface area (Å²) in [5, 5.41) is 0. The predicted octanol–water partition coefficient (Wildman–Crippen LogP) is 4.39. The normalized spacial score (nSPS) is 16.3. The maximum Gasteiger partial charge on any atom is 0.186 e. The Morgan fingerprint density at radius 3 is 2.36 bits per heavy atom. The number of carbonyl (C=O) groups excluding carboxylic acids is 1. The molecule has 0 heterocycles. The van der Waals surface area contributed by atoms with E-state index >= 15 is 0 Å². The number of hydrogen-bond acceptors (Lipinski definition) is 5. The molecule has 0 atom stereocenters. The Labute approximate surface area is 140 Å². The first-order chi connectivity index (χ1) is 10.6. The highest BCUT2D eigenvalue weighted by Gasteiger charge is 2.26. The van der Waals surface area contributed by atoms with E-state index < -0.39 is 0 Å². The fourth-order valence-corrected chi connectivity index (χ4v) is 4.04. The molecule has 0 amide bonds. The van der Waals surface area contributed by atoms with E-state index in [1.54, 1.807) is 37.7 Å². The van der Waals surface area contributed by atoms with Crippen molar-refractivity contribution in [2.45, 2.75) is 12.8 Å². The van der Waals surface area contributed by atoms with E-state index in [1.807, 2.05) is 36.8 Å². The second-order valence-electron chi connectivity index (χ2n) is 4.79. The molecule has 0 bridgehead atoms. The van der Waals surface area contributed by atoms with Crippen molar-refractivity contribution in [3.05, 3.63) is 39.1 Å². The van der Waals surface area contributed by atoms with Crippen LogP contribution in [0.5, 0.6) is 11.5 Å². The quantitative estimate of drug-likeness (QED) is 0.745. The van der Waals surface area contributed by atoms with Crippen LogP contribution in [0.2, 0.25) is 0 Å². The van der Waals surface area contributed by atoms with Gasteiger partial charge in [-0.05, 0) is 49.1 Å². The summed E-state index contributed by atoms with van der Waals surface area (Å²) in [6.07, 6.45) is 7.61. The first-order valence-electron chi connectivity index (χ1n) is 6.93. The number of allylic oxidation sites excluding steroid dienone is 2. The fraction of sp³-hybridized carbons (Fsp3) is 0.353. The van der Waals surface area contributed by atoms with Crippen LogP contribution in [0.15, 0.2) is 33.6 Å². The number of ether oxygens (including phenoxy) is 2. The van der Waals surface area contributed by atoms with Crippen LogP contribution in [-0.4, -0.2) is 32.5 Å². The molecule has 22 heavy (non-hydrogen) atoms. The summed E-state index contributed by atoms with van der Waals surface area (Å²) in [4.78, 5) is 12.5. The Kier molecular flexibility index (Phi) is 6.03. The summed E-state index contributed by atoms with van der Waals surface area (Å²) in [6.45, 7) is 0. The smallest absolute Gasteiger partial charge is 0.186 e. The minimum Gasteiger partial charge on any atom is -0.493 e. The van der Waals surface area contributed by atoms with Gasteiger partial charge in [-0.1, -0.05) is 6.07 Å². The average molecular weight is 336 g/mol. The van der Waals surface area contributed by atoms with E-state index in [4.69, 9.17) is 9.47 Å². The Bertz CT molecular complexity index is 627. The van der Waals surface area contributed by atoms with E-state index in [2.05, 4.69) is 0 Å². The van der Waals surface area contributed by atoms with Crippen molar-refractivity contribution in [2.24, 2.45) is 0 Å². The van der Waals surface area contributed by atoms with E-state index in [0.29, 0.717) is 11.5 Å². The topological polar surface area (TPSA) is 35.5 Å². The molecule has 3 nitrogen and oxygen atoms in total. The van der Waals surface area contributed by atoms with Gasteiger partial charge in [-0.2, -0.15) is 0 Å². The van der Waals surface area contributed by atoms with Gasteiger partial charge in [0.05, 0.1) is 14.2 Å². The number of carbonyl (C=O) groups is 1. The van der Waals surface area contributed by atoms with E-state index in [1.165, 1.54) is 0 Å². The lowest BCUT2D eigenvalue weighted by atomic mass is 10.1. The molecule has 0 aromatic heterocycles. The van der Waals surface area contributed by atoms with Gasteiger partial charge < -0.3 is 9.47 Å². The number of rotatable bonds is 5. The van der Waals surface area contributed by atoms with Crippen LogP contribution < -0.4 is 9.47 Å². The molecule has 118 valence electrons. The first-order valence-corrected chi connectivity index (χ1v) is 9.38. The van der Waals surface area contributed by atoms with Crippen LogP contribution in [0.4, 0.5) is 0 Å². The van der Waals surface area contributed by atoms with Gasteiger partial charge in [0.2, 0.25) is 0 Å². The van der Waals surface area contributed by atoms with Crippen molar-refractivity contribution in [1.82, 2.24) is 0 Å². The molecular weight excluding hydrogens is 316 g/mol. The average Bonchev–Trinajstić information content (AvgIpc) is 2.90. The predicted molar refractivity (Wildman–Crippen MR) is 95.8 cm³/mol. The summed E-state index contributed by atoms with van der Waals surface area (Å²) in [7, 11) is 3.22. The van der Waals surface area contributed by atoms with Crippen LogP contribution in [0, 0.1) is 0 Å². The zero-order valence-electron chi connectivity index (χ0n) is 13.3. The molecule has 2 rings (SSSR count). The molecule has 0 saturated heterocycles. The molecule has 0 aliphatic heterocycles. The lowest BCUT2D eigenvalue weighted by molar-refractivity contribution is -0.111. The molecule has 5 heteroatoms. The van der Waals surface area contributed by atoms with Gasteiger partial charge in [0.15, 0.2) is 17.3 Å². The molecule has 1 aromatic rings. The number of hydrogen-bond donors (Lipinski definition) is 0. The fourth-order valence-electron chi connectivity index (χ4n) is 2.49. The summed E-state index contributed by atoms with van der Waals surface area (Å²) in [6, 6.07) is 5.69.